The zero-order chi connectivity index (χ0) is 13.9. The predicted octanol–water partition coefficient (Wildman–Crippen LogP) is 4.67. The Labute approximate surface area is 117 Å². The first kappa shape index (κ1) is 15.7. The van der Waals surface area contributed by atoms with E-state index in [1.807, 2.05) is 0 Å². The fourth-order valence-corrected chi connectivity index (χ4v) is 2.06. The molecule has 0 aliphatic carbocycles. The lowest BCUT2D eigenvalue weighted by Gasteiger charge is -2.01. The lowest BCUT2D eigenvalue weighted by molar-refractivity contribution is 0.299. The maximum Gasteiger partial charge on any atom is 0.0468 e. The molecule has 0 unspecified atom stereocenters. The zero-order valence-electron chi connectivity index (χ0n) is 12.2. The molecule has 0 aliphatic rings. The summed E-state index contributed by atoms with van der Waals surface area (Å²) in [6, 6.07) is 10.6. The Morgan fingerprint density at radius 1 is 0.947 bits per heavy atom. The zero-order valence-corrected chi connectivity index (χ0v) is 12.2. The molecule has 0 radical (unpaired) electrons. The second-order valence-corrected chi connectivity index (χ2v) is 5.14. The minimum Gasteiger partial charge on any atom is -0.396 e. The number of hydrogen-bond acceptors (Lipinski definition) is 1. The number of aliphatic hydroxyl groups excluding tert-OH is 1. The number of benzene rings is 1. The fourth-order valence-electron chi connectivity index (χ4n) is 2.06. The monoisotopic (exact) mass is 258 g/mol. The normalized spacial score (nSPS) is 12.8. The van der Waals surface area contributed by atoms with Gasteiger partial charge in [-0.2, -0.15) is 0 Å². The lowest BCUT2D eigenvalue weighted by atomic mass is 10.1. The fraction of sp³-hybridized carbons (Fsp3) is 0.444. The number of aliphatic hydroxyl groups is 1. The number of aryl methyl sites for hydroxylation is 1. The van der Waals surface area contributed by atoms with Crippen molar-refractivity contribution in [3.8, 4) is 0 Å². The van der Waals surface area contributed by atoms with E-state index in [0.717, 1.165) is 32.1 Å². The number of hydrogen-bond donors (Lipinski definition) is 1. The van der Waals surface area contributed by atoms with Crippen molar-refractivity contribution in [3.63, 3.8) is 0 Å². The molecule has 1 heteroatoms. The highest BCUT2D eigenvalue weighted by molar-refractivity contribution is 5.15. The maximum atomic E-state index is 8.82. The Bertz CT molecular complexity index is 401. The molecule has 0 aliphatic heterocycles. The number of rotatable bonds is 8. The molecule has 0 heterocycles. The van der Waals surface area contributed by atoms with Crippen molar-refractivity contribution in [1.29, 1.82) is 0 Å². The maximum absolute atomic E-state index is 8.82. The molecule has 0 saturated carbocycles. The van der Waals surface area contributed by atoms with Crippen LogP contribution >= 0.6 is 0 Å². The highest BCUT2D eigenvalue weighted by Gasteiger charge is 1.93. The van der Waals surface area contributed by atoms with Gasteiger partial charge in [0.1, 0.15) is 0 Å². The molecular weight excluding hydrogens is 232 g/mol. The highest BCUT2D eigenvalue weighted by atomic mass is 16.2. The first-order valence-corrected chi connectivity index (χ1v) is 7.18. The second-order valence-electron chi connectivity index (χ2n) is 5.14. The largest absolute Gasteiger partial charge is 0.396 e. The molecule has 0 bridgehead atoms. The van der Waals surface area contributed by atoms with Gasteiger partial charge in [-0.1, -0.05) is 53.6 Å². The van der Waals surface area contributed by atoms with Crippen molar-refractivity contribution < 1.29 is 5.11 Å². The van der Waals surface area contributed by atoms with Crippen LogP contribution in [0.5, 0.6) is 0 Å². The Balaban J connectivity index is 2.24. The standard InChI is InChI=1S/C18H26O/c1-16(8-6-9-17(2)14-15-19)10-7-13-18-11-4-3-5-12-18/h3-5,9-12,19H,6-8,13-15H2,1-2H3/b16-10+,17-9+. The molecule has 104 valence electrons. The summed E-state index contributed by atoms with van der Waals surface area (Å²) in [6.07, 6.45) is 9.84. The molecule has 1 rings (SSSR count). The Kier molecular flexibility index (Phi) is 7.92. The Morgan fingerprint density at radius 3 is 2.26 bits per heavy atom. The van der Waals surface area contributed by atoms with Crippen molar-refractivity contribution in [2.24, 2.45) is 0 Å². The molecule has 1 aromatic rings. The first-order chi connectivity index (χ1) is 9.22. The van der Waals surface area contributed by atoms with Gasteiger partial charge in [0.2, 0.25) is 0 Å². The van der Waals surface area contributed by atoms with Gasteiger partial charge in [0.15, 0.2) is 0 Å². The van der Waals surface area contributed by atoms with Gasteiger partial charge >= 0.3 is 0 Å². The van der Waals surface area contributed by atoms with Crippen LogP contribution in [0.3, 0.4) is 0 Å². The molecule has 1 nitrogen and oxygen atoms in total. The molecule has 1 N–H and O–H groups in total. The smallest absolute Gasteiger partial charge is 0.0468 e. The van der Waals surface area contributed by atoms with Crippen molar-refractivity contribution >= 4 is 0 Å². The van der Waals surface area contributed by atoms with Crippen LogP contribution in [-0.2, 0) is 6.42 Å². The van der Waals surface area contributed by atoms with Crippen LogP contribution in [-0.4, -0.2) is 11.7 Å². The van der Waals surface area contributed by atoms with Gasteiger partial charge in [0.05, 0.1) is 0 Å². The van der Waals surface area contributed by atoms with E-state index in [2.05, 4.69) is 56.3 Å². The minimum atomic E-state index is 0.258. The third kappa shape index (κ3) is 7.63. The minimum absolute atomic E-state index is 0.258. The third-order valence-electron chi connectivity index (χ3n) is 3.31. The van der Waals surface area contributed by atoms with Gasteiger partial charge in [-0.25, -0.2) is 0 Å². The van der Waals surface area contributed by atoms with Crippen LogP contribution < -0.4 is 0 Å². The van der Waals surface area contributed by atoms with Crippen molar-refractivity contribution in [2.75, 3.05) is 6.61 Å². The third-order valence-corrected chi connectivity index (χ3v) is 3.31. The summed E-state index contributed by atoms with van der Waals surface area (Å²) in [5.74, 6) is 0. The quantitative estimate of drug-likeness (QED) is 0.672. The van der Waals surface area contributed by atoms with E-state index in [1.54, 1.807) is 0 Å². The molecule has 0 saturated heterocycles. The van der Waals surface area contributed by atoms with Gasteiger partial charge in [-0.05, 0) is 51.5 Å². The SMILES string of the molecule is C/C(=C\CC/C(C)=C/CCc1ccccc1)CCO. The van der Waals surface area contributed by atoms with E-state index < -0.39 is 0 Å². The van der Waals surface area contributed by atoms with Gasteiger partial charge < -0.3 is 5.11 Å². The lowest BCUT2D eigenvalue weighted by Crippen LogP contribution is -1.85. The topological polar surface area (TPSA) is 20.2 Å². The molecule has 19 heavy (non-hydrogen) atoms. The highest BCUT2D eigenvalue weighted by Crippen LogP contribution is 2.11. The summed E-state index contributed by atoms with van der Waals surface area (Å²) >= 11 is 0. The summed E-state index contributed by atoms with van der Waals surface area (Å²) in [4.78, 5) is 0. The summed E-state index contributed by atoms with van der Waals surface area (Å²) in [7, 11) is 0. The predicted molar refractivity (Wildman–Crippen MR) is 83.2 cm³/mol. The van der Waals surface area contributed by atoms with Crippen molar-refractivity contribution in [3.05, 3.63) is 59.2 Å². The van der Waals surface area contributed by atoms with Crippen LogP contribution in [0.1, 0.15) is 45.1 Å². The molecule has 0 fully saturated rings. The van der Waals surface area contributed by atoms with Crippen LogP contribution in [0.2, 0.25) is 0 Å². The molecule has 0 atom stereocenters. The van der Waals surface area contributed by atoms with Crippen LogP contribution in [0.25, 0.3) is 0 Å². The average Bonchev–Trinajstić information content (AvgIpc) is 2.40. The van der Waals surface area contributed by atoms with E-state index in [1.165, 1.54) is 16.7 Å². The van der Waals surface area contributed by atoms with Crippen molar-refractivity contribution in [2.45, 2.75) is 46.0 Å². The van der Waals surface area contributed by atoms with Crippen LogP contribution in [0.4, 0.5) is 0 Å². The summed E-state index contributed by atoms with van der Waals surface area (Å²) < 4.78 is 0. The van der Waals surface area contributed by atoms with E-state index in [-0.39, 0.29) is 6.61 Å². The van der Waals surface area contributed by atoms with E-state index in [4.69, 9.17) is 5.11 Å². The van der Waals surface area contributed by atoms with E-state index in [9.17, 15) is 0 Å². The van der Waals surface area contributed by atoms with E-state index >= 15 is 0 Å². The summed E-state index contributed by atoms with van der Waals surface area (Å²) in [5.41, 5.74) is 4.16. The first-order valence-electron chi connectivity index (χ1n) is 7.18. The molecule has 0 spiro atoms. The van der Waals surface area contributed by atoms with Crippen LogP contribution in [0, 0.1) is 0 Å². The van der Waals surface area contributed by atoms with Gasteiger partial charge in [-0.3, -0.25) is 0 Å². The van der Waals surface area contributed by atoms with Crippen molar-refractivity contribution in [1.82, 2.24) is 0 Å². The van der Waals surface area contributed by atoms with Gasteiger partial charge in [0, 0.05) is 6.61 Å². The second kappa shape index (κ2) is 9.57. The summed E-state index contributed by atoms with van der Waals surface area (Å²) in [6.45, 7) is 4.55. The van der Waals surface area contributed by atoms with Gasteiger partial charge in [-0.15, -0.1) is 0 Å². The van der Waals surface area contributed by atoms with E-state index in [0.29, 0.717) is 0 Å². The summed E-state index contributed by atoms with van der Waals surface area (Å²) in [5, 5.41) is 8.82. The van der Waals surface area contributed by atoms with Gasteiger partial charge in [0.25, 0.3) is 0 Å². The average molecular weight is 258 g/mol. The van der Waals surface area contributed by atoms with Crippen LogP contribution in [0.15, 0.2) is 53.6 Å². The Hall–Kier alpha value is -1.34. The number of allylic oxidation sites excluding steroid dienone is 3. The molecule has 0 aromatic heterocycles. The molecular formula is C18H26O. The molecule has 0 amide bonds. The molecule has 1 aromatic carbocycles. The Morgan fingerprint density at radius 2 is 1.58 bits per heavy atom.